The van der Waals surface area contributed by atoms with Crippen LogP contribution in [0.15, 0.2) is 83.3 Å². The molecule has 0 bridgehead atoms. The summed E-state index contributed by atoms with van der Waals surface area (Å²) in [6.45, 7) is 4.10. The topological polar surface area (TPSA) is 86.8 Å². The molecular formula is C30H35BrClN3O4S. The molecule has 40 heavy (non-hydrogen) atoms. The molecule has 0 spiro atoms. The van der Waals surface area contributed by atoms with E-state index in [9.17, 15) is 18.0 Å². The Labute approximate surface area is 250 Å². The average Bonchev–Trinajstić information content (AvgIpc) is 2.89. The van der Waals surface area contributed by atoms with Gasteiger partial charge in [0.2, 0.25) is 21.8 Å². The van der Waals surface area contributed by atoms with Crippen LogP contribution in [0.25, 0.3) is 0 Å². The van der Waals surface area contributed by atoms with E-state index in [0.29, 0.717) is 17.1 Å². The van der Waals surface area contributed by atoms with Crippen molar-refractivity contribution in [3.8, 4) is 0 Å². The fourth-order valence-electron chi connectivity index (χ4n) is 4.36. The number of benzene rings is 3. The largest absolute Gasteiger partial charge is 0.352 e. The third-order valence-corrected chi connectivity index (χ3v) is 8.17. The lowest BCUT2D eigenvalue weighted by Gasteiger charge is -2.32. The second kappa shape index (κ2) is 14.7. The van der Waals surface area contributed by atoms with Crippen molar-refractivity contribution in [2.45, 2.75) is 51.7 Å². The molecular weight excluding hydrogens is 614 g/mol. The minimum Gasteiger partial charge on any atom is -0.352 e. The minimum atomic E-state index is -3.61. The summed E-state index contributed by atoms with van der Waals surface area (Å²) in [5, 5.41) is 3.39. The maximum atomic E-state index is 13.8. The first-order valence-corrected chi connectivity index (χ1v) is 16.1. The molecule has 2 amide bonds. The van der Waals surface area contributed by atoms with Crippen molar-refractivity contribution in [3.05, 3.63) is 99.5 Å². The first-order valence-electron chi connectivity index (χ1n) is 13.1. The molecule has 0 fully saturated rings. The highest BCUT2D eigenvalue weighted by atomic mass is 79.9. The van der Waals surface area contributed by atoms with E-state index in [2.05, 4.69) is 21.2 Å². The van der Waals surface area contributed by atoms with Crippen LogP contribution < -0.4 is 9.62 Å². The van der Waals surface area contributed by atoms with Gasteiger partial charge in [0.1, 0.15) is 6.04 Å². The fraction of sp³-hybridized carbons (Fsp3) is 0.333. The third kappa shape index (κ3) is 9.64. The molecule has 0 aromatic heterocycles. The minimum absolute atomic E-state index is 0.0589. The summed E-state index contributed by atoms with van der Waals surface area (Å²) in [6.07, 6.45) is 1.80. The Balaban J connectivity index is 1.87. The van der Waals surface area contributed by atoms with Gasteiger partial charge in [0.25, 0.3) is 0 Å². The van der Waals surface area contributed by atoms with Crippen LogP contribution in [0.5, 0.6) is 0 Å². The molecule has 1 atom stereocenters. The van der Waals surface area contributed by atoms with Crippen molar-refractivity contribution >= 4 is 55.1 Å². The Morgan fingerprint density at radius 2 is 1.62 bits per heavy atom. The number of halogens is 2. The molecule has 0 saturated heterocycles. The second-order valence-electron chi connectivity index (χ2n) is 9.94. The number of sulfonamides is 1. The third-order valence-electron chi connectivity index (χ3n) is 6.22. The fourth-order valence-corrected chi connectivity index (χ4v) is 5.76. The highest BCUT2D eigenvalue weighted by molar-refractivity contribution is 9.10. The number of rotatable bonds is 13. The lowest BCUT2D eigenvalue weighted by Crippen LogP contribution is -2.51. The van der Waals surface area contributed by atoms with Gasteiger partial charge in [-0.1, -0.05) is 76.1 Å². The molecule has 0 saturated carbocycles. The van der Waals surface area contributed by atoms with Crippen LogP contribution in [0.4, 0.5) is 5.69 Å². The summed E-state index contributed by atoms with van der Waals surface area (Å²) in [7, 11) is -3.61. The second-order valence-corrected chi connectivity index (χ2v) is 13.2. The molecule has 3 aromatic rings. The molecule has 0 heterocycles. The van der Waals surface area contributed by atoms with Crippen LogP contribution >= 0.6 is 27.5 Å². The molecule has 214 valence electrons. The van der Waals surface area contributed by atoms with Crippen molar-refractivity contribution in [2.75, 3.05) is 17.1 Å². The lowest BCUT2D eigenvalue weighted by atomic mass is 10.0. The van der Waals surface area contributed by atoms with Crippen LogP contribution in [-0.4, -0.2) is 50.0 Å². The summed E-state index contributed by atoms with van der Waals surface area (Å²) in [6, 6.07) is 23.0. The average molecular weight is 649 g/mol. The first kappa shape index (κ1) is 31.6. The number of anilines is 1. The van der Waals surface area contributed by atoms with Gasteiger partial charge in [-0.15, -0.1) is 0 Å². The number of nitrogens with zero attached hydrogens (tertiary/aromatic N) is 2. The van der Waals surface area contributed by atoms with Gasteiger partial charge in [-0.05, 0) is 61.7 Å². The molecule has 0 aliphatic rings. The molecule has 7 nitrogen and oxygen atoms in total. The molecule has 1 unspecified atom stereocenters. The van der Waals surface area contributed by atoms with Crippen LogP contribution in [0.3, 0.4) is 0 Å². The number of hydrogen-bond acceptors (Lipinski definition) is 4. The SMILES string of the molecule is CC(C)NC(=O)C(Cc1ccccc1)N(Cc1ccc(Br)cc1)C(=O)CCCN(c1cccc(Cl)c1)S(C)(=O)=O. The Morgan fingerprint density at radius 3 is 2.23 bits per heavy atom. The Kier molecular flexibility index (Phi) is 11.6. The molecule has 10 heteroatoms. The number of hydrogen-bond donors (Lipinski definition) is 1. The quantitative estimate of drug-likeness (QED) is 0.253. The van der Waals surface area contributed by atoms with Crippen molar-refractivity contribution in [3.63, 3.8) is 0 Å². The van der Waals surface area contributed by atoms with E-state index in [4.69, 9.17) is 11.6 Å². The predicted molar refractivity (Wildman–Crippen MR) is 165 cm³/mol. The highest BCUT2D eigenvalue weighted by Gasteiger charge is 2.31. The monoisotopic (exact) mass is 647 g/mol. The summed E-state index contributed by atoms with van der Waals surface area (Å²) >= 11 is 9.54. The zero-order chi connectivity index (χ0) is 29.3. The van der Waals surface area contributed by atoms with Gasteiger partial charge in [-0.3, -0.25) is 13.9 Å². The Morgan fingerprint density at radius 1 is 0.950 bits per heavy atom. The van der Waals surface area contributed by atoms with Crippen molar-refractivity contribution in [2.24, 2.45) is 0 Å². The standard InChI is InChI=1S/C30H35BrClN3O4S/c1-22(2)33-30(37)28(19-23-9-5-4-6-10-23)34(21-24-14-16-25(31)17-15-24)29(36)13-8-18-35(40(3,38)39)27-12-7-11-26(32)20-27/h4-7,9-12,14-17,20,22,28H,8,13,18-19,21H2,1-3H3,(H,33,37). The maximum absolute atomic E-state index is 13.8. The van der Waals surface area contributed by atoms with E-state index in [0.717, 1.165) is 21.9 Å². The molecule has 1 N–H and O–H groups in total. The summed E-state index contributed by atoms with van der Waals surface area (Å²) in [5.41, 5.74) is 2.25. The lowest BCUT2D eigenvalue weighted by molar-refractivity contribution is -0.141. The van der Waals surface area contributed by atoms with E-state index >= 15 is 0 Å². The zero-order valence-electron chi connectivity index (χ0n) is 22.9. The van der Waals surface area contributed by atoms with Crippen molar-refractivity contribution in [1.29, 1.82) is 0 Å². The normalized spacial score (nSPS) is 12.2. The number of carbonyl (C=O) groups is 2. The molecule has 0 aliphatic heterocycles. The smallest absolute Gasteiger partial charge is 0.243 e. The van der Waals surface area contributed by atoms with E-state index < -0.39 is 16.1 Å². The molecule has 3 aromatic carbocycles. The summed E-state index contributed by atoms with van der Waals surface area (Å²) in [4.78, 5) is 28.9. The first-order chi connectivity index (χ1) is 18.9. The summed E-state index contributed by atoms with van der Waals surface area (Å²) in [5.74, 6) is -0.469. The van der Waals surface area contributed by atoms with Gasteiger partial charge < -0.3 is 10.2 Å². The van der Waals surface area contributed by atoms with Gasteiger partial charge in [0.05, 0.1) is 11.9 Å². The summed E-state index contributed by atoms with van der Waals surface area (Å²) < 4.78 is 27.3. The van der Waals surface area contributed by atoms with E-state index in [1.807, 2.05) is 68.4 Å². The van der Waals surface area contributed by atoms with Crippen molar-refractivity contribution < 1.29 is 18.0 Å². The Hall–Kier alpha value is -2.88. The molecule has 3 rings (SSSR count). The predicted octanol–water partition coefficient (Wildman–Crippen LogP) is 5.81. The highest BCUT2D eigenvalue weighted by Crippen LogP contribution is 2.23. The van der Waals surface area contributed by atoms with Gasteiger partial charge in [-0.2, -0.15) is 0 Å². The number of amides is 2. The van der Waals surface area contributed by atoms with Gasteiger partial charge in [0.15, 0.2) is 0 Å². The van der Waals surface area contributed by atoms with Gasteiger partial charge >= 0.3 is 0 Å². The molecule has 0 aliphatic carbocycles. The van der Waals surface area contributed by atoms with Gasteiger partial charge in [0, 0.05) is 41.5 Å². The van der Waals surface area contributed by atoms with E-state index in [-0.39, 0.29) is 43.8 Å². The van der Waals surface area contributed by atoms with Crippen LogP contribution in [-0.2, 0) is 32.6 Å². The van der Waals surface area contributed by atoms with Crippen LogP contribution in [0, 0.1) is 0 Å². The Bertz CT molecular complexity index is 1390. The van der Waals surface area contributed by atoms with Gasteiger partial charge in [-0.25, -0.2) is 8.42 Å². The number of nitrogens with one attached hydrogen (secondary N) is 1. The molecule has 0 radical (unpaired) electrons. The number of carbonyl (C=O) groups excluding carboxylic acids is 2. The van der Waals surface area contributed by atoms with Crippen molar-refractivity contribution in [1.82, 2.24) is 10.2 Å². The van der Waals surface area contributed by atoms with E-state index in [1.54, 1.807) is 29.2 Å². The van der Waals surface area contributed by atoms with Crippen LogP contribution in [0.2, 0.25) is 5.02 Å². The zero-order valence-corrected chi connectivity index (χ0v) is 26.0. The maximum Gasteiger partial charge on any atom is 0.243 e. The van der Waals surface area contributed by atoms with E-state index in [1.165, 1.54) is 4.31 Å². The van der Waals surface area contributed by atoms with Crippen LogP contribution in [0.1, 0.15) is 37.8 Å².